The van der Waals surface area contributed by atoms with E-state index in [0.29, 0.717) is 0 Å². The van der Waals surface area contributed by atoms with Crippen molar-refractivity contribution in [1.82, 2.24) is 0 Å². The van der Waals surface area contributed by atoms with Gasteiger partial charge in [0.2, 0.25) is 0 Å². The number of rotatable bonds is 12. The highest BCUT2D eigenvalue weighted by molar-refractivity contribution is 5.69. The highest BCUT2D eigenvalue weighted by atomic mass is 16.8. The van der Waals surface area contributed by atoms with E-state index in [1.165, 1.54) is 7.11 Å². The van der Waals surface area contributed by atoms with Gasteiger partial charge in [0.15, 0.2) is 49.2 Å². The van der Waals surface area contributed by atoms with Crippen molar-refractivity contribution in [3.63, 3.8) is 0 Å². The third kappa shape index (κ3) is 11.2. The van der Waals surface area contributed by atoms with Crippen LogP contribution < -0.4 is 0 Å². The van der Waals surface area contributed by atoms with E-state index in [1.54, 1.807) is 0 Å². The largest absolute Gasteiger partial charge is 0.463 e. The number of hydrogen-bond acceptors (Lipinski definition) is 18. The molecule has 10 atom stereocenters. The molecule has 2 heterocycles. The second-order valence-electron chi connectivity index (χ2n) is 9.90. The van der Waals surface area contributed by atoms with E-state index < -0.39 is 116 Å². The second kappa shape index (κ2) is 17.0. The molecule has 0 unspecified atom stereocenters. The quantitative estimate of drug-likeness (QED) is 0.187. The molecule has 0 radical (unpaired) electrons. The van der Waals surface area contributed by atoms with Crippen LogP contribution in [-0.4, -0.2) is 124 Å². The van der Waals surface area contributed by atoms with Gasteiger partial charge < -0.3 is 52.1 Å². The molecule has 0 aromatic carbocycles. The van der Waals surface area contributed by atoms with Gasteiger partial charge in [-0.2, -0.15) is 0 Å². The van der Waals surface area contributed by atoms with Gasteiger partial charge in [-0.15, -0.1) is 0 Å². The summed E-state index contributed by atoms with van der Waals surface area (Å²) >= 11 is 0. The minimum atomic E-state index is -1.61. The zero-order valence-electron chi connectivity index (χ0n) is 26.0. The molecular formula is C27H38O18. The summed E-state index contributed by atoms with van der Waals surface area (Å²) in [4.78, 5) is 83.6. The summed E-state index contributed by atoms with van der Waals surface area (Å²) in [5.41, 5.74) is 0. The maximum Gasteiger partial charge on any atom is 0.303 e. The predicted octanol–water partition coefficient (Wildman–Crippen LogP) is -0.747. The predicted molar refractivity (Wildman–Crippen MR) is 140 cm³/mol. The highest BCUT2D eigenvalue weighted by Crippen LogP contribution is 2.33. The van der Waals surface area contributed by atoms with Crippen LogP contribution in [-0.2, 0) is 85.7 Å². The molecule has 0 amide bonds. The van der Waals surface area contributed by atoms with E-state index in [4.69, 9.17) is 52.1 Å². The summed E-state index contributed by atoms with van der Waals surface area (Å²) in [6, 6.07) is 0. The fourth-order valence-corrected chi connectivity index (χ4v) is 4.69. The first-order chi connectivity index (χ1) is 21.0. The molecule has 254 valence electrons. The molecule has 0 N–H and O–H groups in total. The SMILES string of the molecule is CO[C@H]1O[C@H](CO[C@H]2O[C@H](COC(C)=O)[C@@H](OC(C)=O)[C@H](OC(C)=O)[C@H]2OC(C)=O)[C@@H](OC(C)=O)[C@H](OC(C)=O)[C@H]1OC(C)=O. The van der Waals surface area contributed by atoms with Gasteiger partial charge in [0.05, 0.1) is 6.61 Å². The zero-order chi connectivity index (χ0) is 34.0. The Morgan fingerprint density at radius 3 is 1.16 bits per heavy atom. The topological polar surface area (TPSA) is 221 Å². The first-order valence-electron chi connectivity index (χ1n) is 13.7. The molecule has 0 bridgehead atoms. The van der Waals surface area contributed by atoms with Gasteiger partial charge in [0.1, 0.15) is 18.8 Å². The average molecular weight is 651 g/mol. The van der Waals surface area contributed by atoms with E-state index in [1.807, 2.05) is 0 Å². The van der Waals surface area contributed by atoms with E-state index in [2.05, 4.69) is 0 Å². The standard InChI is InChI=1S/C27H38O18/c1-11(28)36-9-18-20(38-12(2)29)23(41-15(5)32)25(43-17(7)34)27(45-18)37-10-19-21(39-13(3)30)22(40-14(4)31)24(42-16(6)33)26(35-8)44-19/h18-27H,9-10H2,1-8H3/t18-,19-,20-,21-,22+,23+,24-,25-,26+,27+/m1/s1. The third-order valence-corrected chi connectivity index (χ3v) is 6.10. The Morgan fingerprint density at radius 2 is 0.778 bits per heavy atom. The molecule has 2 fully saturated rings. The molecule has 2 aliphatic rings. The Hall–Kier alpha value is -3.87. The van der Waals surface area contributed by atoms with Gasteiger partial charge in [-0.1, -0.05) is 0 Å². The van der Waals surface area contributed by atoms with Crippen LogP contribution in [0.5, 0.6) is 0 Å². The van der Waals surface area contributed by atoms with Crippen molar-refractivity contribution in [1.29, 1.82) is 0 Å². The summed E-state index contributed by atoms with van der Waals surface area (Å²) in [7, 11) is 1.22. The maximum absolute atomic E-state index is 12.1. The first kappa shape index (κ1) is 37.3. The molecule has 2 aliphatic heterocycles. The van der Waals surface area contributed by atoms with Crippen molar-refractivity contribution in [3.8, 4) is 0 Å². The molecule has 0 aromatic rings. The fourth-order valence-electron chi connectivity index (χ4n) is 4.69. The second-order valence-corrected chi connectivity index (χ2v) is 9.90. The monoisotopic (exact) mass is 650 g/mol. The molecule has 2 saturated heterocycles. The number of carbonyl (C=O) groups excluding carboxylic acids is 7. The van der Waals surface area contributed by atoms with Crippen LogP contribution >= 0.6 is 0 Å². The minimum absolute atomic E-state index is 0.502. The van der Waals surface area contributed by atoms with Crippen molar-refractivity contribution in [3.05, 3.63) is 0 Å². The van der Waals surface area contributed by atoms with Crippen LogP contribution in [0.2, 0.25) is 0 Å². The highest BCUT2D eigenvalue weighted by Gasteiger charge is 2.55. The van der Waals surface area contributed by atoms with Crippen LogP contribution in [0, 0.1) is 0 Å². The van der Waals surface area contributed by atoms with Crippen molar-refractivity contribution in [2.45, 2.75) is 110 Å². The number of esters is 7. The lowest BCUT2D eigenvalue weighted by Crippen LogP contribution is -2.65. The van der Waals surface area contributed by atoms with Crippen molar-refractivity contribution < 1.29 is 85.7 Å². The number of methoxy groups -OCH3 is 1. The molecule has 0 saturated carbocycles. The molecular weight excluding hydrogens is 612 g/mol. The number of carbonyl (C=O) groups is 7. The fraction of sp³-hybridized carbons (Fsp3) is 0.741. The van der Waals surface area contributed by atoms with E-state index in [9.17, 15) is 33.6 Å². The Kier molecular flexibility index (Phi) is 14.1. The summed E-state index contributed by atoms with van der Waals surface area (Å²) in [6.45, 7) is 6.49. The Bertz CT molecular complexity index is 1110. The number of ether oxygens (including phenoxy) is 11. The van der Waals surface area contributed by atoms with Crippen LogP contribution in [0.25, 0.3) is 0 Å². The van der Waals surface area contributed by atoms with E-state index >= 15 is 0 Å². The summed E-state index contributed by atoms with van der Waals surface area (Å²) in [5.74, 6) is -5.67. The molecule has 2 rings (SSSR count). The lowest BCUT2D eigenvalue weighted by molar-refractivity contribution is -0.332. The summed E-state index contributed by atoms with van der Waals surface area (Å²) in [6.07, 6.45) is -14.3. The van der Waals surface area contributed by atoms with Gasteiger partial charge >= 0.3 is 41.8 Å². The van der Waals surface area contributed by atoms with Crippen molar-refractivity contribution in [2.24, 2.45) is 0 Å². The van der Waals surface area contributed by atoms with Gasteiger partial charge in [-0.3, -0.25) is 33.6 Å². The summed E-state index contributed by atoms with van der Waals surface area (Å²) < 4.78 is 60.1. The molecule has 18 heteroatoms. The number of hydrogen-bond donors (Lipinski definition) is 0. The molecule has 45 heavy (non-hydrogen) atoms. The Morgan fingerprint density at radius 1 is 0.444 bits per heavy atom. The first-order valence-corrected chi connectivity index (χ1v) is 13.7. The lowest BCUT2D eigenvalue weighted by Gasteiger charge is -2.46. The van der Waals surface area contributed by atoms with Gasteiger partial charge in [-0.25, -0.2) is 0 Å². The smallest absolute Gasteiger partial charge is 0.303 e. The van der Waals surface area contributed by atoms with Gasteiger partial charge in [0.25, 0.3) is 0 Å². The van der Waals surface area contributed by atoms with E-state index in [0.717, 1.165) is 48.5 Å². The van der Waals surface area contributed by atoms with Crippen LogP contribution in [0.1, 0.15) is 48.5 Å². The lowest BCUT2D eigenvalue weighted by atomic mass is 9.97. The van der Waals surface area contributed by atoms with Crippen LogP contribution in [0.4, 0.5) is 0 Å². The average Bonchev–Trinajstić information content (AvgIpc) is 2.90. The minimum Gasteiger partial charge on any atom is -0.463 e. The molecule has 0 aromatic heterocycles. The van der Waals surface area contributed by atoms with Crippen LogP contribution in [0.15, 0.2) is 0 Å². The molecule has 18 nitrogen and oxygen atoms in total. The molecule has 0 aliphatic carbocycles. The van der Waals surface area contributed by atoms with E-state index in [-0.39, 0.29) is 0 Å². The Labute approximate surface area is 258 Å². The maximum atomic E-state index is 12.1. The van der Waals surface area contributed by atoms with Gasteiger partial charge in [0, 0.05) is 55.6 Å². The van der Waals surface area contributed by atoms with Gasteiger partial charge in [-0.05, 0) is 0 Å². The van der Waals surface area contributed by atoms with Crippen LogP contribution in [0.3, 0.4) is 0 Å². The molecule has 0 spiro atoms. The van der Waals surface area contributed by atoms with Crippen molar-refractivity contribution in [2.75, 3.05) is 20.3 Å². The Balaban J connectivity index is 2.51. The third-order valence-electron chi connectivity index (χ3n) is 6.10. The normalized spacial score (nSPS) is 31.0. The summed E-state index contributed by atoms with van der Waals surface area (Å²) in [5, 5.41) is 0. The zero-order valence-corrected chi connectivity index (χ0v) is 26.0. The van der Waals surface area contributed by atoms with Crippen molar-refractivity contribution >= 4 is 41.8 Å².